The molecule has 5 heteroatoms. The molecule has 0 bridgehead atoms. The summed E-state index contributed by atoms with van der Waals surface area (Å²) in [6.07, 6.45) is 0.470. The van der Waals surface area contributed by atoms with E-state index in [1.54, 1.807) is 14.2 Å². The molecule has 0 saturated carbocycles. The van der Waals surface area contributed by atoms with Gasteiger partial charge in [-0.3, -0.25) is 4.79 Å². The summed E-state index contributed by atoms with van der Waals surface area (Å²) in [7, 11) is 3.28. The van der Waals surface area contributed by atoms with E-state index in [-0.39, 0.29) is 5.91 Å². The number of anilines is 1. The lowest BCUT2D eigenvalue weighted by atomic mass is 10.1. The highest BCUT2D eigenvalue weighted by Gasteiger charge is 2.22. The van der Waals surface area contributed by atoms with Crippen LogP contribution < -0.4 is 14.4 Å². The Labute approximate surface area is 155 Å². The molecule has 138 valence electrons. The molecule has 1 heterocycles. The second-order valence-corrected chi connectivity index (χ2v) is 6.57. The third-order valence-corrected chi connectivity index (χ3v) is 4.80. The minimum atomic E-state index is 0.197. The standard InChI is InChI=1S/C21H26N2O3/c1-16-5-4-6-17(13-16)14-21(24)23-11-9-22(10-12-23)18-7-8-19(25-2)20(15-18)26-3/h4-8,13,15H,9-12,14H2,1-3H3. The summed E-state index contributed by atoms with van der Waals surface area (Å²) in [5, 5.41) is 0. The molecule has 1 saturated heterocycles. The summed E-state index contributed by atoms with van der Waals surface area (Å²) in [6.45, 7) is 5.15. The summed E-state index contributed by atoms with van der Waals surface area (Å²) >= 11 is 0. The number of carbonyl (C=O) groups is 1. The fourth-order valence-corrected chi connectivity index (χ4v) is 3.34. The molecule has 0 aromatic heterocycles. The van der Waals surface area contributed by atoms with Crippen molar-refractivity contribution in [1.82, 2.24) is 4.90 Å². The largest absolute Gasteiger partial charge is 0.493 e. The smallest absolute Gasteiger partial charge is 0.227 e. The van der Waals surface area contributed by atoms with Crippen LogP contribution in [0.2, 0.25) is 0 Å². The van der Waals surface area contributed by atoms with Crippen molar-refractivity contribution in [1.29, 1.82) is 0 Å². The Bertz CT molecular complexity index is 768. The first-order valence-electron chi connectivity index (χ1n) is 8.91. The van der Waals surface area contributed by atoms with Crippen LogP contribution in [0.25, 0.3) is 0 Å². The van der Waals surface area contributed by atoms with Crippen molar-refractivity contribution in [3.8, 4) is 11.5 Å². The number of hydrogen-bond acceptors (Lipinski definition) is 4. The van der Waals surface area contributed by atoms with Crippen molar-refractivity contribution in [3.63, 3.8) is 0 Å². The normalized spacial score (nSPS) is 14.3. The number of aryl methyl sites for hydroxylation is 1. The molecule has 1 aliphatic rings. The zero-order valence-corrected chi connectivity index (χ0v) is 15.7. The number of carbonyl (C=O) groups excluding carboxylic acids is 1. The van der Waals surface area contributed by atoms with Gasteiger partial charge in [-0.1, -0.05) is 29.8 Å². The summed E-state index contributed by atoms with van der Waals surface area (Å²) in [4.78, 5) is 16.8. The Balaban J connectivity index is 1.59. The molecule has 0 spiro atoms. The van der Waals surface area contributed by atoms with Gasteiger partial charge in [-0.05, 0) is 24.6 Å². The predicted octanol–water partition coefficient (Wildman–Crippen LogP) is 2.90. The zero-order chi connectivity index (χ0) is 18.5. The fourth-order valence-electron chi connectivity index (χ4n) is 3.34. The van der Waals surface area contributed by atoms with Gasteiger partial charge < -0.3 is 19.3 Å². The van der Waals surface area contributed by atoms with E-state index in [1.165, 1.54) is 5.56 Å². The van der Waals surface area contributed by atoms with Gasteiger partial charge in [0.05, 0.1) is 20.6 Å². The van der Waals surface area contributed by atoms with Crippen LogP contribution in [0, 0.1) is 6.92 Å². The molecule has 2 aromatic rings. The van der Waals surface area contributed by atoms with Gasteiger partial charge in [0.15, 0.2) is 11.5 Å². The Morgan fingerprint density at radius 3 is 2.35 bits per heavy atom. The Morgan fingerprint density at radius 2 is 1.69 bits per heavy atom. The summed E-state index contributed by atoms with van der Waals surface area (Å²) in [5.41, 5.74) is 3.36. The quantitative estimate of drug-likeness (QED) is 0.828. The van der Waals surface area contributed by atoms with Crippen LogP contribution in [0.15, 0.2) is 42.5 Å². The lowest BCUT2D eigenvalue weighted by Gasteiger charge is -2.36. The average Bonchev–Trinajstić information content (AvgIpc) is 2.67. The maximum atomic E-state index is 12.6. The van der Waals surface area contributed by atoms with E-state index in [0.29, 0.717) is 6.42 Å². The molecule has 3 rings (SSSR count). The lowest BCUT2D eigenvalue weighted by Crippen LogP contribution is -2.49. The average molecular weight is 354 g/mol. The molecule has 26 heavy (non-hydrogen) atoms. The topological polar surface area (TPSA) is 42.0 Å². The maximum absolute atomic E-state index is 12.6. The van der Waals surface area contributed by atoms with E-state index < -0.39 is 0 Å². The highest BCUT2D eigenvalue weighted by molar-refractivity contribution is 5.79. The number of amides is 1. The van der Waals surface area contributed by atoms with E-state index >= 15 is 0 Å². The van der Waals surface area contributed by atoms with Gasteiger partial charge in [0.1, 0.15) is 0 Å². The molecule has 5 nitrogen and oxygen atoms in total. The number of benzene rings is 2. The molecule has 0 aliphatic carbocycles. The second-order valence-electron chi connectivity index (χ2n) is 6.57. The second kappa shape index (κ2) is 8.13. The fraction of sp³-hybridized carbons (Fsp3) is 0.381. The van der Waals surface area contributed by atoms with Gasteiger partial charge in [0.25, 0.3) is 0 Å². The molecule has 0 radical (unpaired) electrons. The zero-order valence-electron chi connectivity index (χ0n) is 15.7. The first kappa shape index (κ1) is 18.1. The van der Waals surface area contributed by atoms with E-state index in [2.05, 4.69) is 24.0 Å². The Kier molecular flexibility index (Phi) is 5.66. The highest BCUT2D eigenvalue weighted by atomic mass is 16.5. The van der Waals surface area contributed by atoms with Crippen LogP contribution in [0.4, 0.5) is 5.69 Å². The molecule has 0 atom stereocenters. The number of methoxy groups -OCH3 is 2. The van der Waals surface area contributed by atoms with Crippen LogP contribution in [0.5, 0.6) is 11.5 Å². The number of piperazine rings is 1. The number of nitrogens with zero attached hydrogens (tertiary/aromatic N) is 2. The number of hydrogen-bond donors (Lipinski definition) is 0. The summed E-state index contributed by atoms with van der Waals surface area (Å²) in [6, 6.07) is 14.1. The minimum absolute atomic E-state index is 0.197. The Hall–Kier alpha value is -2.69. The third-order valence-electron chi connectivity index (χ3n) is 4.80. The van der Waals surface area contributed by atoms with Gasteiger partial charge in [-0.25, -0.2) is 0 Å². The van der Waals surface area contributed by atoms with Gasteiger partial charge in [0.2, 0.25) is 5.91 Å². The van der Waals surface area contributed by atoms with Crippen molar-refractivity contribution in [3.05, 3.63) is 53.6 Å². The highest BCUT2D eigenvalue weighted by Crippen LogP contribution is 2.31. The van der Waals surface area contributed by atoms with E-state index in [9.17, 15) is 4.79 Å². The van der Waals surface area contributed by atoms with Gasteiger partial charge in [-0.2, -0.15) is 0 Å². The molecule has 0 unspecified atom stereocenters. The van der Waals surface area contributed by atoms with Crippen LogP contribution in [0.1, 0.15) is 11.1 Å². The lowest BCUT2D eigenvalue weighted by molar-refractivity contribution is -0.130. The molecular weight excluding hydrogens is 328 g/mol. The van der Waals surface area contributed by atoms with Crippen LogP contribution in [0.3, 0.4) is 0 Å². The van der Waals surface area contributed by atoms with Crippen LogP contribution in [-0.4, -0.2) is 51.2 Å². The van der Waals surface area contributed by atoms with Crippen LogP contribution >= 0.6 is 0 Å². The Morgan fingerprint density at radius 1 is 0.962 bits per heavy atom. The van der Waals surface area contributed by atoms with Crippen molar-refractivity contribution >= 4 is 11.6 Å². The van der Waals surface area contributed by atoms with Crippen LogP contribution in [-0.2, 0) is 11.2 Å². The first-order chi connectivity index (χ1) is 12.6. The van der Waals surface area contributed by atoms with E-state index in [0.717, 1.165) is 48.9 Å². The van der Waals surface area contributed by atoms with Crippen molar-refractivity contribution in [2.24, 2.45) is 0 Å². The molecular formula is C21H26N2O3. The van der Waals surface area contributed by atoms with Gasteiger partial charge in [-0.15, -0.1) is 0 Å². The summed E-state index contributed by atoms with van der Waals surface area (Å²) < 4.78 is 10.7. The maximum Gasteiger partial charge on any atom is 0.227 e. The summed E-state index contributed by atoms with van der Waals surface area (Å²) in [5.74, 6) is 1.65. The number of rotatable bonds is 5. The molecule has 0 N–H and O–H groups in total. The third kappa shape index (κ3) is 4.10. The first-order valence-corrected chi connectivity index (χ1v) is 8.91. The van der Waals surface area contributed by atoms with Crippen molar-refractivity contribution in [2.45, 2.75) is 13.3 Å². The monoisotopic (exact) mass is 354 g/mol. The molecule has 1 aliphatic heterocycles. The minimum Gasteiger partial charge on any atom is -0.493 e. The van der Waals surface area contributed by atoms with E-state index in [1.807, 2.05) is 35.2 Å². The molecule has 1 fully saturated rings. The SMILES string of the molecule is COc1ccc(N2CCN(C(=O)Cc3cccc(C)c3)CC2)cc1OC. The van der Waals surface area contributed by atoms with E-state index in [4.69, 9.17) is 9.47 Å². The van der Waals surface area contributed by atoms with Gasteiger partial charge >= 0.3 is 0 Å². The number of ether oxygens (including phenoxy) is 2. The molecule has 1 amide bonds. The molecule has 2 aromatic carbocycles. The van der Waals surface area contributed by atoms with Crippen molar-refractivity contribution < 1.29 is 14.3 Å². The van der Waals surface area contributed by atoms with Crippen molar-refractivity contribution in [2.75, 3.05) is 45.3 Å². The predicted molar refractivity (Wildman–Crippen MR) is 103 cm³/mol. The van der Waals surface area contributed by atoms with Gasteiger partial charge in [0, 0.05) is 37.9 Å².